The highest BCUT2D eigenvalue weighted by Gasteiger charge is 2.12. The summed E-state index contributed by atoms with van der Waals surface area (Å²) >= 11 is 0. The standard InChI is InChI=1S/C13H22N2O/c1-10-4-3-5-12(8-10)13(9-14)15-11(2)6-7-16/h3-5,8,11,13,15-16H,6-7,9,14H2,1-2H3. The van der Waals surface area contributed by atoms with Crippen molar-refractivity contribution in [1.82, 2.24) is 5.32 Å². The molecule has 0 aliphatic carbocycles. The predicted molar refractivity (Wildman–Crippen MR) is 67.3 cm³/mol. The Morgan fingerprint density at radius 3 is 2.75 bits per heavy atom. The Labute approximate surface area is 97.7 Å². The van der Waals surface area contributed by atoms with Crippen molar-refractivity contribution < 1.29 is 5.11 Å². The van der Waals surface area contributed by atoms with Gasteiger partial charge in [-0.15, -0.1) is 0 Å². The van der Waals surface area contributed by atoms with Gasteiger partial charge in [-0.2, -0.15) is 0 Å². The molecule has 0 heterocycles. The number of aryl methyl sites for hydroxylation is 1. The fourth-order valence-corrected chi connectivity index (χ4v) is 1.81. The molecule has 16 heavy (non-hydrogen) atoms. The van der Waals surface area contributed by atoms with E-state index in [0.717, 1.165) is 6.42 Å². The van der Waals surface area contributed by atoms with Gasteiger partial charge in [-0.3, -0.25) is 0 Å². The van der Waals surface area contributed by atoms with Crippen LogP contribution in [0.3, 0.4) is 0 Å². The first-order chi connectivity index (χ1) is 7.67. The van der Waals surface area contributed by atoms with Crippen LogP contribution in [0.4, 0.5) is 0 Å². The average Bonchev–Trinajstić information content (AvgIpc) is 2.26. The van der Waals surface area contributed by atoms with Gasteiger partial charge in [0.1, 0.15) is 0 Å². The van der Waals surface area contributed by atoms with Crippen LogP contribution in [0.5, 0.6) is 0 Å². The topological polar surface area (TPSA) is 58.3 Å². The molecule has 4 N–H and O–H groups in total. The Bertz CT molecular complexity index is 315. The molecule has 0 amide bonds. The molecule has 1 aromatic carbocycles. The van der Waals surface area contributed by atoms with Crippen LogP contribution >= 0.6 is 0 Å². The summed E-state index contributed by atoms with van der Waals surface area (Å²) in [7, 11) is 0. The largest absolute Gasteiger partial charge is 0.396 e. The normalized spacial score (nSPS) is 14.8. The van der Waals surface area contributed by atoms with Crippen molar-refractivity contribution in [3.8, 4) is 0 Å². The van der Waals surface area contributed by atoms with Crippen molar-refractivity contribution in [1.29, 1.82) is 0 Å². The van der Waals surface area contributed by atoms with E-state index in [1.54, 1.807) is 0 Å². The van der Waals surface area contributed by atoms with E-state index in [-0.39, 0.29) is 18.7 Å². The number of benzene rings is 1. The smallest absolute Gasteiger partial charge is 0.0446 e. The monoisotopic (exact) mass is 222 g/mol. The van der Waals surface area contributed by atoms with Crippen molar-refractivity contribution >= 4 is 0 Å². The average molecular weight is 222 g/mol. The van der Waals surface area contributed by atoms with Crippen LogP contribution in [0.1, 0.15) is 30.5 Å². The molecule has 0 aliphatic heterocycles. The second kappa shape index (κ2) is 6.63. The molecular weight excluding hydrogens is 200 g/mol. The van der Waals surface area contributed by atoms with E-state index in [0.29, 0.717) is 6.54 Å². The van der Waals surface area contributed by atoms with Crippen LogP contribution in [-0.4, -0.2) is 24.3 Å². The first kappa shape index (κ1) is 13.2. The van der Waals surface area contributed by atoms with Crippen LogP contribution in [0.15, 0.2) is 24.3 Å². The zero-order valence-electron chi connectivity index (χ0n) is 10.1. The number of hydrogen-bond acceptors (Lipinski definition) is 3. The highest BCUT2D eigenvalue weighted by molar-refractivity contribution is 5.25. The number of aliphatic hydroxyl groups excluding tert-OH is 1. The molecule has 1 rings (SSSR count). The second-order valence-electron chi connectivity index (χ2n) is 4.28. The summed E-state index contributed by atoms with van der Waals surface area (Å²) in [6, 6.07) is 8.81. The highest BCUT2D eigenvalue weighted by Crippen LogP contribution is 2.14. The van der Waals surface area contributed by atoms with Gasteiger partial charge in [0.25, 0.3) is 0 Å². The van der Waals surface area contributed by atoms with E-state index in [2.05, 4.69) is 37.4 Å². The Kier molecular flexibility index (Phi) is 5.46. The molecular formula is C13H22N2O. The van der Waals surface area contributed by atoms with Gasteiger partial charge in [-0.05, 0) is 25.8 Å². The zero-order valence-corrected chi connectivity index (χ0v) is 10.1. The molecule has 2 atom stereocenters. The molecule has 0 bridgehead atoms. The van der Waals surface area contributed by atoms with E-state index in [9.17, 15) is 0 Å². The van der Waals surface area contributed by atoms with E-state index >= 15 is 0 Å². The van der Waals surface area contributed by atoms with Crippen LogP contribution < -0.4 is 11.1 Å². The molecule has 90 valence electrons. The first-order valence-corrected chi connectivity index (χ1v) is 5.81. The molecule has 0 radical (unpaired) electrons. The number of hydrogen-bond donors (Lipinski definition) is 3. The van der Waals surface area contributed by atoms with Crippen molar-refractivity contribution in [3.05, 3.63) is 35.4 Å². The van der Waals surface area contributed by atoms with E-state index in [4.69, 9.17) is 10.8 Å². The quantitative estimate of drug-likeness (QED) is 0.681. The summed E-state index contributed by atoms with van der Waals surface area (Å²) in [6.07, 6.45) is 0.752. The minimum absolute atomic E-state index is 0.168. The maximum Gasteiger partial charge on any atom is 0.0446 e. The summed E-state index contributed by atoms with van der Waals surface area (Å²) in [6.45, 7) is 4.92. The summed E-state index contributed by atoms with van der Waals surface area (Å²) in [5.74, 6) is 0. The summed E-state index contributed by atoms with van der Waals surface area (Å²) in [4.78, 5) is 0. The Morgan fingerprint density at radius 1 is 1.44 bits per heavy atom. The molecule has 0 aromatic heterocycles. The van der Waals surface area contributed by atoms with Gasteiger partial charge in [-0.1, -0.05) is 29.8 Å². The Morgan fingerprint density at radius 2 is 2.19 bits per heavy atom. The van der Waals surface area contributed by atoms with Crippen LogP contribution in [0.2, 0.25) is 0 Å². The van der Waals surface area contributed by atoms with Gasteiger partial charge >= 0.3 is 0 Å². The zero-order chi connectivity index (χ0) is 12.0. The highest BCUT2D eigenvalue weighted by atomic mass is 16.3. The van der Waals surface area contributed by atoms with Crippen LogP contribution in [0, 0.1) is 6.92 Å². The minimum atomic E-state index is 0.168. The van der Waals surface area contributed by atoms with Crippen molar-refractivity contribution in [2.45, 2.75) is 32.4 Å². The summed E-state index contributed by atoms with van der Waals surface area (Å²) < 4.78 is 0. The van der Waals surface area contributed by atoms with Gasteiger partial charge in [0.05, 0.1) is 0 Å². The maximum atomic E-state index is 8.87. The molecule has 0 saturated carbocycles. The number of nitrogens with one attached hydrogen (secondary N) is 1. The second-order valence-corrected chi connectivity index (χ2v) is 4.28. The number of rotatable bonds is 6. The first-order valence-electron chi connectivity index (χ1n) is 5.81. The molecule has 3 heteroatoms. The minimum Gasteiger partial charge on any atom is -0.396 e. The third-order valence-electron chi connectivity index (χ3n) is 2.73. The van der Waals surface area contributed by atoms with Gasteiger partial charge < -0.3 is 16.2 Å². The van der Waals surface area contributed by atoms with Gasteiger partial charge in [0.2, 0.25) is 0 Å². The van der Waals surface area contributed by atoms with Gasteiger partial charge in [0, 0.05) is 25.2 Å². The Balaban J connectivity index is 2.67. The van der Waals surface area contributed by atoms with E-state index < -0.39 is 0 Å². The number of nitrogens with two attached hydrogens (primary N) is 1. The lowest BCUT2D eigenvalue weighted by Gasteiger charge is -2.22. The fourth-order valence-electron chi connectivity index (χ4n) is 1.81. The van der Waals surface area contributed by atoms with Crippen molar-refractivity contribution in [2.75, 3.05) is 13.2 Å². The lowest BCUT2D eigenvalue weighted by molar-refractivity contribution is 0.263. The molecule has 0 spiro atoms. The molecule has 0 saturated heterocycles. The third-order valence-corrected chi connectivity index (χ3v) is 2.73. The van der Waals surface area contributed by atoms with Gasteiger partial charge in [-0.25, -0.2) is 0 Å². The molecule has 0 aliphatic rings. The molecule has 0 fully saturated rings. The van der Waals surface area contributed by atoms with Crippen LogP contribution in [0.25, 0.3) is 0 Å². The van der Waals surface area contributed by atoms with E-state index in [1.807, 2.05) is 6.07 Å². The van der Waals surface area contributed by atoms with Crippen molar-refractivity contribution in [2.24, 2.45) is 5.73 Å². The number of aliphatic hydroxyl groups is 1. The summed E-state index contributed by atoms with van der Waals surface area (Å²) in [5, 5.41) is 12.3. The maximum absolute atomic E-state index is 8.87. The van der Waals surface area contributed by atoms with Crippen molar-refractivity contribution in [3.63, 3.8) is 0 Å². The molecule has 1 aromatic rings. The lowest BCUT2D eigenvalue weighted by atomic mass is 10.0. The molecule has 2 unspecified atom stereocenters. The van der Waals surface area contributed by atoms with Gasteiger partial charge in [0.15, 0.2) is 0 Å². The molecule has 3 nitrogen and oxygen atoms in total. The predicted octanol–water partition coefficient (Wildman–Crippen LogP) is 1.36. The van der Waals surface area contributed by atoms with E-state index in [1.165, 1.54) is 11.1 Å². The Hall–Kier alpha value is -0.900. The van der Waals surface area contributed by atoms with Crippen LogP contribution in [-0.2, 0) is 0 Å². The lowest BCUT2D eigenvalue weighted by Crippen LogP contribution is -2.35. The summed E-state index contributed by atoms with van der Waals surface area (Å²) in [5.41, 5.74) is 8.23. The third kappa shape index (κ3) is 3.93. The fraction of sp³-hybridized carbons (Fsp3) is 0.538. The SMILES string of the molecule is Cc1cccc(C(CN)NC(C)CCO)c1.